The van der Waals surface area contributed by atoms with Crippen LogP contribution in [0.2, 0.25) is 0 Å². The number of nitrogens with zero attached hydrogens (tertiary/aromatic N) is 2. The Morgan fingerprint density at radius 2 is 0.662 bits per heavy atom. The van der Waals surface area contributed by atoms with Crippen LogP contribution < -0.4 is 0 Å². The van der Waals surface area contributed by atoms with Gasteiger partial charge in [-0.05, 0) is 552 Å². The largest absolute Gasteiger partial charge is 0.453 e. The number of fused-ring (bicyclic) bond motifs is 25. The predicted octanol–water partition coefficient (Wildman–Crippen LogP) is 28.3. The molecule has 20 aliphatic rings. The molecule has 0 spiro atoms. The van der Waals surface area contributed by atoms with E-state index in [0.29, 0.717) is 39.5 Å². The van der Waals surface area contributed by atoms with Gasteiger partial charge in [-0.3, -0.25) is 4.98 Å². The molecule has 20 fully saturated rings. The molecule has 0 bridgehead atoms. The molecule has 3 aromatic carbocycles. The van der Waals surface area contributed by atoms with Crippen LogP contribution in [0.1, 0.15) is 411 Å². The van der Waals surface area contributed by atoms with Gasteiger partial charge in [0.2, 0.25) is 0 Å². The van der Waals surface area contributed by atoms with Crippen LogP contribution in [0.5, 0.6) is 0 Å². The Bertz CT molecular complexity index is 4520. The van der Waals surface area contributed by atoms with Crippen molar-refractivity contribution in [2.75, 3.05) is 14.2 Å². The number of benzene rings is 3. The van der Waals surface area contributed by atoms with E-state index in [-0.39, 0.29) is 28.1 Å². The van der Waals surface area contributed by atoms with Gasteiger partial charge < -0.3 is 40.3 Å². The molecule has 133 heavy (non-hydrogen) atoms. The third-order valence-corrected chi connectivity index (χ3v) is 48.0. The number of carbonyl (C=O) groups excluding carboxylic acids is 1. The Morgan fingerprint density at radius 1 is 0.308 bits per heavy atom. The number of carbonyl (C=O) groups is 1. The molecule has 20 aliphatic carbocycles. The van der Waals surface area contributed by atoms with Crippen molar-refractivity contribution in [3.05, 3.63) is 137 Å². The Kier molecular flexibility index (Phi) is 26.3. The average Bonchev–Trinajstić information content (AvgIpc) is 1.56. The molecule has 10 nitrogen and oxygen atoms in total. The fourth-order valence-electron chi connectivity index (χ4n) is 41.6. The van der Waals surface area contributed by atoms with Crippen molar-refractivity contribution in [3.63, 3.8) is 0 Å². The zero-order chi connectivity index (χ0) is 93.2. The van der Waals surface area contributed by atoms with Crippen molar-refractivity contribution < 1.29 is 40.2 Å². The molecule has 1 aromatic heterocycles. The fraction of sp³-hybridized carbons (Fsp3) is 0.805. The van der Waals surface area contributed by atoms with Crippen LogP contribution >= 0.6 is 0 Å². The molecule has 1 unspecified atom stereocenters. The third kappa shape index (κ3) is 17.3. The van der Waals surface area contributed by atoms with Crippen molar-refractivity contribution >= 4 is 6.09 Å². The summed E-state index contributed by atoms with van der Waals surface area (Å²) >= 11 is 0. The lowest BCUT2D eigenvalue weighted by Gasteiger charge is -2.62. The topological polar surface area (TPSA) is 164 Å². The van der Waals surface area contributed by atoms with Gasteiger partial charge in [0, 0.05) is 30.9 Å². The second-order valence-corrected chi connectivity index (χ2v) is 54.6. The first-order valence-electron chi connectivity index (χ1n) is 56.5. The van der Waals surface area contributed by atoms with E-state index < -0.39 is 22.4 Å². The number of aliphatic hydroxyl groups is 6. The summed E-state index contributed by atoms with van der Waals surface area (Å²) in [6, 6.07) is 36.2. The molecule has 734 valence electrons. The van der Waals surface area contributed by atoms with Crippen LogP contribution in [-0.2, 0) is 10.3 Å². The zero-order valence-electron chi connectivity index (χ0n) is 85.8. The van der Waals surface area contributed by atoms with Gasteiger partial charge in [0.15, 0.2) is 0 Å². The zero-order valence-corrected chi connectivity index (χ0v) is 85.8. The van der Waals surface area contributed by atoms with Crippen molar-refractivity contribution in [1.82, 2.24) is 9.88 Å². The monoisotopic (exact) mass is 1820 g/mol. The first kappa shape index (κ1) is 96.3. The Balaban J connectivity index is 0.000000103. The molecule has 6 N–H and O–H groups in total. The first-order chi connectivity index (χ1) is 63.3. The average molecular weight is 1820 g/mol. The first-order valence-corrected chi connectivity index (χ1v) is 56.5. The Hall–Kier alpha value is -4.16. The standard InChI is InChI=1S/C26H38O.C25H36O2.C25H36O.C24H35NO.C23H39NO3/c1-17-4-6-18(7-5-17)23-10-11-24-22-9-8-19-16-25(2,27)14-12-20(19)21(22)13-15-26(23,24)3;1-23(26)13-10-19-17(16-23)8-9-21-20(19)11-14-24(2)22(21)12-15-25(24,27)18-6-4-3-5-7-18;1-24(26)14-12-19-18(16-24)8-9-21-20(19)13-15-25(2)22(10-11-23(21)25)17-6-4-3-5-7-17;1-23(26)11-7-18-17(15-23)3-4-20-19(18)8-12-24(2)21(5-6-22(20)24)16-9-13-25-14-10-16;1-21(26)12-13-22(2)15(14-21)6-7-16-17-8-9-19(24(4)20(25)27-5)23(17,3)11-10-18(16)22/h4-7,19-24,27H,8-16H2,1-3H3;3-7,17,19-22,26-27H,8-16H2,1-2H3;3-7,18-23,26H,8-16H2,1-2H3;9-10,13-14,17-22,26H,3-8,11-12,15H2,1-2H3;15-19,26H,6-14H2,1-5H3/t19-,20+,21-,22-,23-,24+,25-,26-;17-,19+,20-,21-,22+,23-,24+,25?;18-,19+,20-,21-,22-,23+,24-,25-;17-,18+,19-,20-,21-,22+,23-,24-;15-,16-,17-,18-,19-,21+,22-,23-/m11110/s1. The second-order valence-electron chi connectivity index (χ2n) is 54.6. The lowest BCUT2D eigenvalue weighted by molar-refractivity contribution is -0.146. The summed E-state index contributed by atoms with van der Waals surface area (Å²) in [4.78, 5) is 18.3. The van der Waals surface area contributed by atoms with Crippen LogP contribution in [0.4, 0.5) is 4.79 Å². The molecule has 20 saturated carbocycles. The number of methoxy groups -OCH3 is 1. The van der Waals surface area contributed by atoms with Crippen LogP contribution in [0.3, 0.4) is 0 Å². The van der Waals surface area contributed by atoms with E-state index in [1.807, 2.05) is 38.2 Å². The van der Waals surface area contributed by atoms with Gasteiger partial charge in [-0.2, -0.15) is 0 Å². The van der Waals surface area contributed by atoms with Crippen LogP contribution in [0, 0.1) is 181 Å². The van der Waals surface area contributed by atoms with Crippen molar-refractivity contribution in [3.8, 4) is 0 Å². The van der Waals surface area contributed by atoms with Crippen LogP contribution in [0.25, 0.3) is 0 Å². The molecule has 40 atom stereocenters. The summed E-state index contributed by atoms with van der Waals surface area (Å²) in [5.74, 6) is 22.8. The van der Waals surface area contributed by atoms with E-state index in [2.05, 4.69) is 171 Å². The minimum absolute atomic E-state index is 0.0164. The number of hydrogen-bond acceptors (Lipinski definition) is 9. The van der Waals surface area contributed by atoms with Gasteiger partial charge in [0.05, 0.1) is 40.7 Å². The number of pyridine rings is 1. The highest BCUT2D eigenvalue weighted by atomic mass is 16.5. The maximum atomic E-state index is 12.2. The van der Waals surface area contributed by atoms with E-state index in [1.54, 1.807) is 11.1 Å². The molecule has 1 amide bonds. The number of ether oxygens (including phenoxy) is 1. The predicted molar refractivity (Wildman–Crippen MR) is 538 cm³/mol. The molecule has 0 saturated heterocycles. The molecule has 0 radical (unpaired) electrons. The lowest BCUT2D eigenvalue weighted by Crippen LogP contribution is -2.57. The number of amides is 1. The number of rotatable bonds is 5. The van der Waals surface area contributed by atoms with E-state index in [0.717, 1.165) is 237 Å². The lowest BCUT2D eigenvalue weighted by atomic mass is 9.44. The van der Waals surface area contributed by atoms with Gasteiger partial charge in [0.25, 0.3) is 0 Å². The van der Waals surface area contributed by atoms with Crippen molar-refractivity contribution in [2.24, 2.45) is 175 Å². The molecular weight excluding hydrogens is 1630 g/mol. The molecule has 10 heteroatoms. The third-order valence-electron chi connectivity index (χ3n) is 48.0. The highest BCUT2D eigenvalue weighted by molar-refractivity contribution is 5.67. The van der Waals surface area contributed by atoms with Gasteiger partial charge in [0.1, 0.15) is 0 Å². The molecular formula is C123H184N2O8. The summed E-state index contributed by atoms with van der Waals surface area (Å²) in [7, 11) is 3.42. The summed E-state index contributed by atoms with van der Waals surface area (Å²) in [6.45, 7) is 27.8. The summed E-state index contributed by atoms with van der Waals surface area (Å²) in [5, 5.41) is 64.8. The van der Waals surface area contributed by atoms with Crippen molar-refractivity contribution in [1.29, 1.82) is 0 Å². The second kappa shape index (κ2) is 36.4. The highest BCUT2D eigenvalue weighted by Crippen LogP contribution is 2.74. The minimum atomic E-state index is -0.656. The SMILES string of the molecule is COC(=O)N(C)[C@H]1CC[C@H]2[C@@H]3CC[C@H]4C[C@](C)(O)CC[C@]4(C)[C@H]3CC[C@]12C.C[C@@]1(O)CC[C@H]2[C@H](CC[C@@H]3[C@@H]2CC[C@@]2(C)[C@H]3CCC2(O)c2ccccc2)C1.C[C@@]1(O)CC[C@H]2[C@H](CC[C@@H]3[C@@H]2CC[C@]2(C)[C@@H](c4ccccc4)CC[C@@H]32)C1.C[C@@]1(O)CC[C@H]2[C@H](CC[C@@H]3[C@@H]2CC[C@]2(C)[C@@H](c4ccncc4)CC[C@@H]32)C1.Cc1ccc([C@H]2CC[C@H]3[C@@H]4CC[C@@H]5C[C@](C)(O)CC[C@@H]5[C@H]4CC[C@]23C)cc1. The number of hydrogen-bond donors (Lipinski definition) is 6. The molecule has 0 aliphatic heterocycles. The molecule has 4 aromatic rings. The Morgan fingerprint density at radius 3 is 1.11 bits per heavy atom. The van der Waals surface area contributed by atoms with Crippen molar-refractivity contribution in [2.45, 2.75) is 429 Å². The maximum absolute atomic E-state index is 12.2. The van der Waals surface area contributed by atoms with Gasteiger partial charge >= 0.3 is 6.09 Å². The van der Waals surface area contributed by atoms with E-state index in [1.165, 1.54) is 224 Å². The van der Waals surface area contributed by atoms with Crippen LogP contribution in [-0.4, -0.2) is 94.8 Å². The summed E-state index contributed by atoms with van der Waals surface area (Å²) in [6.07, 6.45) is 60.3. The summed E-state index contributed by atoms with van der Waals surface area (Å²) in [5.41, 5.74) is 6.72. The minimum Gasteiger partial charge on any atom is -0.453 e. The van der Waals surface area contributed by atoms with E-state index >= 15 is 0 Å². The maximum Gasteiger partial charge on any atom is 0.409 e. The molecule has 1 heterocycles. The normalized spacial score (nSPS) is 50.8. The van der Waals surface area contributed by atoms with Gasteiger partial charge in [-0.15, -0.1) is 0 Å². The van der Waals surface area contributed by atoms with Gasteiger partial charge in [-0.25, -0.2) is 4.79 Å². The number of aromatic nitrogens is 1. The van der Waals surface area contributed by atoms with E-state index in [9.17, 15) is 35.4 Å². The highest BCUT2D eigenvalue weighted by Gasteiger charge is 2.68. The smallest absolute Gasteiger partial charge is 0.409 e. The fourth-order valence-corrected chi connectivity index (χ4v) is 41.6. The number of aryl methyl sites for hydroxylation is 1. The quantitative estimate of drug-likeness (QED) is 0.114. The molecule has 24 rings (SSSR count). The van der Waals surface area contributed by atoms with Crippen LogP contribution in [0.15, 0.2) is 109 Å². The Labute approximate surface area is 806 Å². The van der Waals surface area contributed by atoms with Gasteiger partial charge in [-0.1, -0.05) is 132 Å². The van der Waals surface area contributed by atoms with E-state index in [4.69, 9.17) is 4.74 Å². The summed E-state index contributed by atoms with van der Waals surface area (Å²) < 4.78 is 5.03.